The van der Waals surface area contributed by atoms with Crippen LogP contribution in [0.3, 0.4) is 0 Å². The van der Waals surface area contributed by atoms with Gasteiger partial charge in [0.1, 0.15) is 23.7 Å². The van der Waals surface area contributed by atoms with E-state index in [9.17, 15) is 29.4 Å². The molecule has 4 aliphatic heterocycles. The molecule has 16 heteroatoms. The van der Waals surface area contributed by atoms with Crippen molar-refractivity contribution in [2.45, 2.75) is 107 Å². The molecular weight excluding hydrogens is 787 g/mol. The standard InChI is InChI=1S/C45H58F2N8O6/c46-44(42(60)50-23-3-7-34-15-13-32-5-1-21-48-38(32)52-34)17-25-54(26-18-44)36(40(56)57)29-30-9-11-31(12-10-30)37(41(58)59)55-27-19-45(47,20-28-55)43(61)51-24-4-8-35-16-14-33-6-2-22-49-39(33)53-35/h9-16,36-37H,1-8,17-29H2,(H,48,52)(H,49,53)(H,50,60)(H,51,61)(H,56,57)(H,58,59). The molecule has 2 unspecified atom stereocenters. The molecule has 328 valence electrons. The highest BCUT2D eigenvalue weighted by molar-refractivity contribution is 5.86. The van der Waals surface area contributed by atoms with Gasteiger partial charge in [-0.05, 0) is 92.2 Å². The molecule has 2 atom stereocenters. The van der Waals surface area contributed by atoms with Crippen LogP contribution in [0.5, 0.6) is 0 Å². The second-order valence-corrected chi connectivity index (χ2v) is 16.9. The SMILES string of the molecule is O=C(O)C(Cc1ccc(C(C(=O)O)N2CCC(F)(C(=O)NCCCc3ccc4c(n3)NCCC4)CC2)cc1)N1CCC(F)(C(=O)NCCCc2ccc3c(n2)NCCC3)CC1. The Morgan fingerprint density at radius 2 is 1.15 bits per heavy atom. The van der Waals surface area contributed by atoms with Crippen LogP contribution in [0.1, 0.15) is 91.1 Å². The van der Waals surface area contributed by atoms with Crippen LogP contribution in [-0.2, 0) is 51.3 Å². The number of aliphatic carboxylic acids is 2. The maximum absolute atomic E-state index is 15.9. The van der Waals surface area contributed by atoms with E-state index in [0.717, 1.165) is 61.8 Å². The van der Waals surface area contributed by atoms with E-state index in [1.54, 1.807) is 34.1 Å². The lowest BCUT2D eigenvalue weighted by atomic mass is 9.89. The Bertz CT molecular complexity index is 2040. The second kappa shape index (κ2) is 19.7. The van der Waals surface area contributed by atoms with Gasteiger partial charge in [-0.3, -0.25) is 29.0 Å². The first kappa shape index (κ1) is 43.9. The van der Waals surface area contributed by atoms with Gasteiger partial charge in [0.2, 0.25) is 0 Å². The molecule has 3 aromatic rings. The first-order valence-electron chi connectivity index (χ1n) is 21.8. The number of carbonyl (C=O) groups excluding carboxylic acids is 2. The van der Waals surface area contributed by atoms with Gasteiger partial charge in [-0.1, -0.05) is 36.4 Å². The number of carboxylic acid groups (broad SMARTS) is 2. The fourth-order valence-corrected chi connectivity index (χ4v) is 9.00. The Hall–Kier alpha value is -5.22. The van der Waals surface area contributed by atoms with Crippen molar-refractivity contribution in [3.05, 3.63) is 82.2 Å². The van der Waals surface area contributed by atoms with Crippen molar-refractivity contribution < 1.29 is 38.2 Å². The molecule has 0 spiro atoms. The highest BCUT2D eigenvalue weighted by atomic mass is 19.1. The van der Waals surface area contributed by atoms with Gasteiger partial charge in [0.05, 0.1) is 0 Å². The molecule has 1 aromatic carbocycles. The summed E-state index contributed by atoms with van der Waals surface area (Å²) in [6, 6.07) is 12.7. The molecule has 2 fully saturated rings. The van der Waals surface area contributed by atoms with Crippen molar-refractivity contribution in [1.82, 2.24) is 30.4 Å². The maximum atomic E-state index is 15.9. The average Bonchev–Trinajstić information content (AvgIpc) is 3.27. The Labute approximate surface area is 355 Å². The van der Waals surface area contributed by atoms with Crippen molar-refractivity contribution in [1.29, 1.82) is 0 Å². The lowest BCUT2D eigenvalue weighted by Crippen LogP contribution is -2.55. The first-order chi connectivity index (χ1) is 29.4. The van der Waals surface area contributed by atoms with Crippen molar-refractivity contribution >= 4 is 35.4 Å². The van der Waals surface area contributed by atoms with Crippen LogP contribution in [0.25, 0.3) is 0 Å². The number of aromatic nitrogens is 2. The van der Waals surface area contributed by atoms with E-state index in [2.05, 4.69) is 43.4 Å². The van der Waals surface area contributed by atoms with Gasteiger partial charge in [-0.2, -0.15) is 0 Å². The quantitative estimate of drug-likeness (QED) is 0.105. The Morgan fingerprint density at radius 3 is 1.61 bits per heavy atom. The molecule has 2 aromatic heterocycles. The van der Waals surface area contributed by atoms with Crippen LogP contribution < -0.4 is 21.3 Å². The van der Waals surface area contributed by atoms with E-state index in [1.165, 1.54) is 11.1 Å². The monoisotopic (exact) mass is 844 g/mol. The number of nitrogens with one attached hydrogen (secondary N) is 4. The molecule has 0 bridgehead atoms. The number of aryl methyl sites for hydroxylation is 4. The van der Waals surface area contributed by atoms with Crippen LogP contribution in [-0.4, -0.2) is 123 Å². The van der Waals surface area contributed by atoms with Gasteiger partial charge in [-0.25, -0.2) is 18.7 Å². The van der Waals surface area contributed by atoms with Gasteiger partial charge < -0.3 is 31.5 Å². The molecule has 2 amide bonds. The molecule has 0 aliphatic carbocycles. The van der Waals surface area contributed by atoms with Crippen molar-refractivity contribution in [2.24, 2.45) is 0 Å². The highest BCUT2D eigenvalue weighted by Gasteiger charge is 2.45. The number of carboxylic acids is 2. The third-order valence-electron chi connectivity index (χ3n) is 12.7. The fourth-order valence-electron chi connectivity index (χ4n) is 9.00. The number of amides is 2. The minimum atomic E-state index is -2.11. The number of alkyl halides is 2. The van der Waals surface area contributed by atoms with Crippen molar-refractivity contribution in [3.63, 3.8) is 0 Å². The lowest BCUT2D eigenvalue weighted by Gasteiger charge is -2.38. The predicted molar refractivity (Wildman–Crippen MR) is 226 cm³/mol. The number of hydrogen-bond donors (Lipinski definition) is 6. The second-order valence-electron chi connectivity index (χ2n) is 16.9. The number of halogens is 2. The number of piperidine rings is 2. The third kappa shape index (κ3) is 10.8. The molecule has 7 rings (SSSR count). The molecule has 2 saturated heterocycles. The Balaban J connectivity index is 0.846. The first-order valence-corrected chi connectivity index (χ1v) is 21.8. The van der Waals surface area contributed by atoms with Crippen LogP contribution in [0, 0.1) is 0 Å². The summed E-state index contributed by atoms with van der Waals surface area (Å²) in [7, 11) is 0. The number of carbonyl (C=O) groups is 4. The lowest BCUT2D eigenvalue weighted by molar-refractivity contribution is -0.147. The van der Waals surface area contributed by atoms with Crippen LogP contribution in [0.15, 0.2) is 48.5 Å². The number of hydrogen-bond acceptors (Lipinski definition) is 10. The zero-order chi connectivity index (χ0) is 43.0. The number of pyridine rings is 2. The van der Waals surface area contributed by atoms with Crippen molar-refractivity contribution in [2.75, 3.05) is 63.0 Å². The summed E-state index contributed by atoms with van der Waals surface area (Å²) in [6.45, 7) is 2.68. The molecule has 0 saturated carbocycles. The molecule has 6 heterocycles. The van der Waals surface area contributed by atoms with E-state index >= 15 is 8.78 Å². The summed E-state index contributed by atoms with van der Waals surface area (Å²) < 4.78 is 31.7. The topological polar surface area (TPSA) is 189 Å². The van der Waals surface area contributed by atoms with E-state index in [0.29, 0.717) is 49.9 Å². The van der Waals surface area contributed by atoms with Gasteiger partial charge in [0.25, 0.3) is 11.8 Å². The minimum absolute atomic E-state index is 0.0589. The summed E-state index contributed by atoms with van der Waals surface area (Å²) >= 11 is 0. The largest absolute Gasteiger partial charge is 0.480 e. The van der Waals surface area contributed by atoms with Crippen LogP contribution in [0.4, 0.5) is 20.4 Å². The number of anilines is 2. The zero-order valence-electron chi connectivity index (χ0n) is 34.7. The van der Waals surface area contributed by atoms with Gasteiger partial charge >= 0.3 is 11.9 Å². The molecule has 61 heavy (non-hydrogen) atoms. The number of benzene rings is 1. The molecule has 6 N–H and O–H groups in total. The van der Waals surface area contributed by atoms with Gasteiger partial charge in [-0.15, -0.1) is 0 Å². The minimum Gasteiger partial charge on any atom is -0.480 e. The van der Waals surface area contributed by atoms with E-state index in [1.807, 2.05) is 12.1 Å². The smallest absolute Gasteiger partial charge is 0.325 e. The Morgan fingerprint density at radius 1 is 0.672 bits per heavy atom. The van der Waals surface area contributed by atoms with E-state index < -0.39 is 47.2 Å². The number of rotatable bonds is 17. The zero-order valence-corrected chi connectivity index (χ0v) is 34.7. The summed E-state index contributed by atoms with van der Waals surface area (Å²) in [5.74, 6) is -1.74. The molecule has 4 aliphatic rings. The van der Waals surface area contributed by atoms with Crippen LogP contribution in [0.2, 0.25) is 0 Å². The highest BCUT2D eigenvalue weighted by Crippen LogP contribution is 2.33. The maximum Gasteiger partial charge on any atom is 0.325 e. The third-order valence-corrected chi connectivity index (χ3v) is 12.7. The number of fused-ring (bicyclic) bond motifs is 2. The number of nitrogens with zero attached hydrogens (tertiary/aromatic N) is 4. The normalized spacial score (nSPS) is 19.5. The van der Waals surface area contributed by atoms with Gasteiger partial charge in [0, 0.05) is 89.4 Å². The summed E-state index contributed by atoms with van der Waals surface area (Å²) in [6.07, 6.45) is 6.18. The summed E-state index contributed by atoms with van der Waals surface area (Å²) in [4.78, 5) is 63.5. The molecular formula is C45H58F2N8O6. The average molecular weight is 845 g/mol. The Kier molecular flexibility index (Phi) is 14.1. The van der Waals surface area contributed by atoms with Gasteiger partial charge in [0.15, 0.2) is 11.3 Å². The molecule has 14 nitrogen and oxygen atoms in total. The predicted octanol–water partition coefficient (Wildman–Crippen LogP) is 4.42. The fraction of sp³-hybridized carbons (Fsp3) is 0.556. The van der Waals surface area contributed by atoms with Crippen LogP contribution >= 0.6 is 0 Å². The molecule has 0 radical (unpaired) electrons. The van der Waals surface area contributed by atoms with E-state index in [-0.39, 0.29) is 58.3 Å². The number of likely N-dealkylation sites (tertiary alicyclic amines) is 2. The summed E-state index contributed by atoms with van der Waals surface area (Å²) in [5, 5.41) is 32.5. The van der Waals surface area contributed by atoms with Crippen molar-refractivity contribution in [3.8, 4) is 0 Å². The summed E-state index contributed by atoms with van der Waals surface area (Å²) in [5.41, 5.74) is 1.12. The van der Waals surface area contributed by atoms with E-state index in [4.69, 9.17) is 0 Å².